The van der Waals surface area contributed by atoms with E-state index in [1.165, 1.54) is 6.42 Å². The highest BCUT2D eigenvalue weighted by molar-refractivity contribution is 5.80. The highest BCUT2D eigenvalue weighted by atomic mass is 16.5. The lowest BCUT2D eigenvalue weighted by Crippen LogP contribution is -2.44. The average molecular weight is 335 g/mol. The van der Waals surface area contributed by atoms with E-state index in [1.807, 2.05) is 18.2 Å². The zero-order valence-electron chi connectivity index (χ0n) is 15.0. The van der Waals surface area contributed by atoms with Crippen LogP contribution in [-0.4, -0.2) is 51.3 Å². The summed E-state index contributed by atoms with van der Waals surface area (Å²) in [4.78, 5) is 14.9. The molecule has 1 heterocycles. The highest BCUT2D eigenvalue weighted by Crippen LogP contribution is 2.27. The van der Waals surface area contributed by atoms with Gasteiger partial charge in [-0.2, -0.15) is 0 Å². The van der Waals surface area contributed by atoms with Crippen LogP contribution >= 0.6 is 0 Å². The minimum atomic E-state index is 0.181. The van der Waals surface area contributed by atoms with Crippen molar-refractivity contribution >= 4 is 5.91 Å². The Hall–Kier alpha value is -1.75. The number of carbonyl (C=O) groups is 1. The number of hydrogen-bond acceptors (Lipinski definition) is 4. The summed E-state index contributed by atoms with van der Waals surface area (Å²) < 4.78 is 15.8. The smallest absolute Gasteiger partial charge is 0.227 e. The monoisotopic (exact) mass is 335 g/mol. The summed E-state index contributed by atoms with van der Waals surface area (Å²) in [6.07, 6.45) is 5.76. The molecule has 0 bridgehead atoms. The highest BCUT2D eigenvalue weighted by Gasteiger charge is 2.26. The summed E-state index contributed by atoms with van der Waals surface area (Å²) in [6, 6.07) is 5.96. The molecule has 5 nitrogen and oxygen atoms in total. The van der Waals surface area contributed by atoms with Crippen molar-refractivity contribution in [2.75, 3.05) is 34.5 Å². The summed E-state index contributed by atoms with van der Waals surface area (Å²) in [5.41, 5.74) is 0.907. The fourth-order valence-electron chi connectivity index (χ4n) is 3.35. The van der Waals surface area contributed by atoms with Gasteiger partial charge < -0.3 is 19.1 Å². The summed E-state index contributed by atoms with van der Waals surface area (Å²) in [6.45, 7) is 1.61. The average Bonchev–Trinajstić information content (AvgIpc) is 2.62. The molecule has 1 amide bonds. The van der Waals surface area contributed by atoms with Crippen molar-refractivity contribution in [3.8, 4) is 11.5 Å². The molecule has 5 heteroatoms. The van der Waals surface area contributed by atoms with Crippen LogP contribution in [0.5, 0.6) is 11.5 Å². The SMILES string of the molecule is COCCC[C@@H]1CCCCN1C(=O)Cc1ccc(OC)cc1OC. The molecule has 0 aliphatic carbocycles. The Balaban J connectivity index is 2.03. The van der Waals surface area contributed by atoms with E-state index in [9.17, 15) is 4.79 Å². The number of ether oxygens (including phenoxy) is 3. The van der Waals surface area contributed by atoms with Crippen LogP contribution in [0.25, 0.3) is 0 Å². The van der Waals surface area contributed by atoms with E-state index in [0.717, 1.165) is 50.1 Å². The van der Waals surface area contributed by atoms with Crippen LogP contribution in [0.2, 0.25) is 0 Å². The van der Waals surface area contributed by atoms with Gasteiger partial charge in [0.1, 0.15) is 11.5 Å². The van der Waals surface area contributed by atoms with Crippen molar-refractivity contribution in [3.63, 3.8) is 0 Å². The van der Waals surface area contributed by atoms with Crippen molar-refractivity contribution in [2.24, 2.45) is 0 Å². The van der Waals surface area contributed by atoms with Gasteiger partial charge in [-0.25, -0.2) is 0 Å². The molecule has 134 valence electrons. The lowest BCUT2D eigenvalue weighted by atomic mass is 9.97. The maximum Gasteiger partial charge on any atom is 0.227 e. The molecule has 0 radical (unpaired) electrons. The topological polar surface area (TPSA) is 48.0 Å². The molecule has 2 rings (SSSR count). The zero-order chi connectivity index (χ0) is 17.4. The summed E-state index contributed by atoms with van der Waals surface area (Å²) >= 11 is 0. The van der Waals surface area contributed by atoms with E-state index in [2.05, 4.69) is 4.90 Å². The molecule has 0 saturated carbocycles. The standard InChI is InChI=1S/C19H29NO4/c1-22-12-6-8-16-7-4-5-11-20(16)19(21)13-15-9-10-17(23-2)14-18(15)24-3/h9-10,14,16H,4-8,11-13H2,1-3H3/t16-/m0/s1. The van der Waals surface area contributed by atoms with E-state index in [1.54, 1.807) is 21.3 Å². The third-order valence-corrected chi connectivity index (χ3v) is 4.67. The molecule has 1 aliphatic rings. The Morgan fingerprint density at radius 3 is 2.75 bits per heavy atom. The van der Waals surface area contributed by atoms with Crippen molar-refractivity contribution in [1.29, 1.82) is 0 Å². The molecule has 0 aromatic heterocycles. The van der Waals surface area contributed by atoms with Crippen LogP contribution in [0, 0.1) is 0 Å². The Bertz CT molecular complexity index is 532. The number of likely N-dealkylation sites (tertiary alicyclic amines) is 1. The molecule has 1 atom stereocenters. The summed E-state index contributed by atoms with van der Waals surface area (Å²) in [7, 11) is 4.97. The van der Waals surface area contributed by atoms with E-state index in [-0.39, 0.29) is 5.91 Å². The van der Waals surface area contributed by atoms with Crippen LogP contribution in [0.15, 0.2) is 18.2 Å². The van der Waals surface area contributed by atoms with E-state index >= 15 is 0 Å². The number of benzene rings is 1. The molecule has 0 spiro atoms. The summed E-state index contributed by atoms with van der Waals surface area (Å²) in [5.74, 6) is 1.62. The quantitative estimate of drug-likeness (QED) is 0.685. The van der Waals surface area contributed by atoms with Crippen molar-refractivity contribution < 1.29 is 19.0 Å². The van der Waals surface area contributed by atoms with Crippen LogP contribution in [0.4, 0.5) is 0 Å². The molecule has 0 unspecified atom stereocenters. The van der Waals surface area contributed by atoms with E-state index in [0.29, 0.717) is 18.2 Å². The van der Waals surface area contributed by atoms with Crippen LogP contribution in [0.1, 0.15) is 37.7 Å². The first-order chi connectivity index (χ1) is 11.7. The van der Waals surface area contributed by atoms with Gasteiger partial charge in [-0.3, -0.25) is 4.79 Å². The van der Waals surface area contributed by atoms with E-state index < -0.39 is 0 Å². The number of hydrogen-bond donors (Lipinski definition) is 0. The first kappa shape index (κ1) is 18.6. The third-order valence-electron chi connectivity index (χ3n) is 4.67. The first-order valence-electron chi connectivity index (χ1n) is 8.69. The lowest BCUT2D eigenvalue weighted by molar-refractivity contribution is -0.134. The predicted molar refractivity (Wildman–Crippen MR) is 93.7 cm³/mol. The number of nitrogens with zero attached hydrogens (tertiary/aromatic N) is 1. The van der Waals surface area contributed by atoms with Gasteiger partial charge >= 0.3 is 0 Å². The van der Waals surface area contributed by atoms with Gasteiger partial charge in [-0.15, -0.1) is 0 Å². The van der Waals surface area contributed by atoms with Gasteiger partial charge in [-0.05, 0) is 38.2 Å². The van der Waals surface area contributed by atoms with E-state index in [4.69, 9.17) is 14.2 Å². The Morgan fingerprint density at radius 2 is 2.04 bits per heavy atom. The van der Waals surface area contributed by atoms with Crippen molar-refractivity contribution in [1.82, 2.24) is 4.90 Å². The number of amides is 1. The maximum atomic E-state index is 12.8. The molecular weight excluding hydrogens is 306 g/mol. The van der Waals surface area contributed by atoms with Gasteiger partial charge in [0.05, 0.1) is 20.6 Å². The van der Waals surface area contributed by atoms with Crippen molar-refractivity contribution in [3.05, 3.63) is 23.8 Å². The summed E-state index contributed by atoms with van der Waals surface area (Å²) in [5, 5.41) is 0. The minimum absolute atomic E-state index is 0.181. The number of methoxy groups -OCH3 is 3. The fraction of sp³-hybridized carbons (Fsp3) is 0.632. The van der Waals surface area contributed by atoms with Gasteiger partial charge in [0.2, 0.25) is 5.91 Å². The molecule has 24 heavy (non-hydrogen) atoms. The fourth-order valence-corrected chi connectivity index (χ4v) is 3.35. The largest absolute Gasteiger partial charge is 0.497 e. The van der Waals surface area contributed by atoms with Gasteiger partial charge in [0.25, 0.3) is 0 Å². The van der Waals surface area contributed by atoms with Gasteiger partial charge in [0, 0.05) is 37.9 Å². The first-order valence-corrected chi connectivity index (χ1v) is 8.69. The Labute approximate surface area is 144 Å². The Kier molecular flexibility index (Phi) is 7.37. The molecule has 1 fully saturated rings. The van der Waals surface area contributed by atoms with Crippen LogP contribution in [0.3, 0.4) is 0 Å². The number of carbonyl (C=O) groups excluding carboxylic acids is 1. The molecular formula is C19H29NO4. The normalized spacial score (nSPS) is 17.6. The van der Waals surface area contributed by atoms with Gasteiger partial charge in [0.15, 0.2) is 0 Å². The lowest BCUT2D eigenvalue weighted by Gasteiger charge is -2.36. The minimum Gasteiger partial charge on any atom is -0.497 e. The second kappa shape index (κ2) is 9.52. The second-order valence-corrected chi connectivity index (χ2v) is 6.23. The molecule has 0 N–H and O–H groups in total. The Morgan fingerprint density at radius 1 is 1.21 bits per heavy atom. The number of piperidine rings is 1. The third kappa shape index (κ3) is 4.87. The predicted octanol–water partition coefficient (Wildman–Crippen LogP) is 3.05. The van der Waals surface area contributed by atoms with Crippen LogP contribution in [-0.2, 0) is 16.0 Å². The van der Waals surface area contributed by atoms with Crippen molar-refractivity contribution in [2.45, 2.75) is 44.6 Å². The zero-order valence-corrected chi connectivity index (χ0v) is 15.0. The molecule has 1 aliphatic heterocycles. The molecule has 1 aromatic carbocycles. The molecule has 1 saturated heterocycles. The van der Waals surface area contributed by atoms with Crippen LogP contribution < -0.4 is 9.47 Å². The molecule has 1 aromatic rings. The number of rotatable bonds is 8. The van der Waals surface area contributed by atoms with Gasteiger partial charge in [-0.1, -0.05) is 6.07 Å². The second-order valence-electron chi connectivity index (χ2n) is 6.23. The maximum absolute atomic E-state index is 12.8.